The van der Waals surface area contributed by atoms with Crippen LogP contribution < -0.4 is 4.74 Å². The normalized spacial score (nSPS) is 22.2. The standard InChI is InChI=1S/C18H26F2O/c1-2-3-4-5-14-6-8-15(9-7-14)13-21-18-11-16(19)10-17(20)12-18/h10-12,14-15H,2-9,13H2,1H3/t14-,15-. The summed E-state index contributed by atoms with van der Waals surface area (Å²) in [6, 6.07) is 3.37. The molecule has 0 unspecified atom stereocenters. The second-order valence-electron chi connectivity index (χ2n) is 6.30. The van der Waals surface area contributed by atoms with Gasteiger partial charge in [-0.2, -0.15) is 0 Å². The number of halogens is 2. The van der Waals surface area contributed by atoms with E-state index in [9.17, 15) is 8.78 Å². The summed E-state index contributed by atoms with van der Waals surface area (Å²) in [5.74, 6) is 0.546. The van der Waals surface area contributed by atoms with E-state index in [2.05, 4.69) is 6.92 Å². The average molecular weight is 296 g/mol. The minimum Gasteiger partial charge on any atom is -0.493 e. The van der Waals surface area contributed by atoms with Crippen LogP contribution >= 0.6 is 0 Å². The smallest absolute Gasteiger partial charge is 0.129 e. The number of ether oxygens (including phenoxy) is 1. The van der Waals surface area contributed by atoms with E-state index < -0.39 is 11.6 Å². The molecule has 2 rings (SSSR count). The number of rotatable bonds is 7. The van der Waals surface area contributed by atoms with E-state index >= 15 is 0 Å². The van der Waals surface area contributed by atoms with E-state index in [0.717, 1.165) is 12.0 Å². The van der Waals surface area contributed by atoms with Crippen LogP contribution in [0, 0.1) is 23.5 Å². The molecule has 0 atom stereocenters. The van der Waals surface area contributed by atoms with Crippen LogP contribution in [0.25, 0.3) is 0 Å². The van der Waals surface area contributed by atoms with Gasteiger partial charge in [-0.3, -0.25) is 0 Å². The molecule has 1 aromatic carbocycles. The van der Waals surface area contributed by atoms with E-state index in [1.54, 1.807) is 0 Å². The molecule has 1 aliphatic rings. The van der Waals surface area contributed by atoms with Gasteiger partial charge in [-0.1, -0.05) is 45.4 Å². The SMILES string of the molecule is CCCCC[C@H]1CC[C@H](COc2cc(F)cc(F)c2)CC1. The second kappa shape index (κ2) is 8.35. The predicted octanol–water partition coefficient (Wildman–Crippen LogP) is 5.73. The summed E-state index contributed by atoms with van der Waals surface area (Å²) in [6.07, 6.45) is 10.2. The van der Waals surface area contributed by atoms with E-state index in [1.807, 2.05) is 0 Å². The molecule has 0 bridgehead atoms. The van der Waals surface area contributed by atoms with Crippen molar-refractivity contribution in [2.24, 2.45) is 11.8 Å². The first-order valence-electron chi connectivity index (χ1n) is 8.26. The average Bonchev–Trinajstić information content (AvgIpc) is 2.46. The van der Waals surface area contributed by atoms with Crippen molar-refractivity contribution in [2.45, 2.75) is 58.3 Å². The fourth-order valence-corrected chi connectivity index (χ4v) is 3.20. The van der Waals surface area contributed by atoms with Gasteiger partial charge in [0.15, 0.2) is 0 Å². The summed E-state index contributed by atoms with van der Waals surface area (Å²) in [5, 5.41) is 0. The summed E-state index contributed by atoms with van der Waals surface area (Å²) in [6.45, 7) is 2.81. The molecule has 0 N–H and O–H groups in total. The largest absolute Gasteiger partial charge is 0.493 e. The van der Waals surface area contributed by atoms with Crippen molar-refractivity contribution in [3.05, 3.63) is 29.8 Å². The molecule has 118 valence electrons. The Morgan fingerprint density at radius 3 is 2.19 bits per heavy atom. The molecule has 0 radical (unpaired) electrons. The van der Waals surface area contributed by atoms with Gasteiger partial charge in [-0.25, -0.2) is 8.78 Å². The molecule has 21 heavy (non-hydrogen) atoms. The zero-order chi connectivity index (χ0) is 15.1. The fraction of sp³-hybridized carbons (Fsp3) is 0.667. The molecule has 0 heterocycles. The van der Waals surface area contributed by atoms with Crippen molar-refractivity contribution < 1.29 is 13.5 Å². The number of benzene rings is 1. The third kappa shape index (κ3) is 5.64. The lowest BCUT2D eigenvalue weighted by Crippen LogP contribution is -2.20. The van der Waals surface area contributed by atoms with Crippen molar-refractivity contribution >= 4 is 0 Å². The van der Waals surface area contributed by atoms with Gasteiger partial charge in [-0.15, -0.1) is 0 Å². The van der Waals surface area contributed by atoms with Crippen LogP contribution in [0.15, 0.2) is 18.2 Å². The molecule has 0 amide bonds. The lowest BCUT2D eigenvalue weighted by Gasteiger charge is -2.28. The minimum absolute atomic E-state index is 0.303. The molecule has 1 aromatic rings. The van der Waals surface area contributed by atoms with E-state index in [1.165, 1.54) is 63.5 Å². The Balaban J connectivity index is 1.69. The highest BCUT2D eigenvalue weighted by Gasteiger charge is 2.21. The van der Waals surface area contributed by atoms with Crippen LogP contribution in [0.3, 0.4) is 0 Å². The zero-order valence-electron chi connectivity index (χ0n) is 12.9. The molecule has 1 nitrogen and oxygen atoms in total. The van der Waals surface area contributed by atoms with Gasteiger partial charge in [0.2, 0.25) is 0 Å². The molecule has 3 heteroatoms. The van der Waals surface area contributed by atoms with Crippen LogP contribution in [-0.2, 0) is 0 Å². The van der Waals surface area contributed by atoms with Crippen LogP contribution in [0.4, 0.5) is 8.78 Å². The monoisotopic (exact) mass is 296 g/mol. The Kier molecular flexibility index (Phi) is 6.47. The minimum atomic E-state index is -0.579. The predicted molar refractivity (Wildman–Crippen MR) is 81.4 cm³/mol. The molecule has 0 spiro atoms. The second-order valence-corrected chi connectivity index (χ2v) is 6.30. The quantitative estimate of drug-likeness (QED) is 0.584. The van der Waals surface area contributed by atoms with Gasteiger partial charge in [0.25, 0.3) is 0 Å². The third-order valence-corrected chi connectivity index (χ3v) is 4.50. The summed E-state index contributed by atoms with van der Waals surface area (Å²) >= 11 is 0. The molecule has 0 aromatic heterocycles. The van der Waals surface area contributed by atoms with Gasteiger partial charge in [0.1, 0.15) is 17.4 Å². The number of hydrogen-bond acceptors (Lipinski definition) is 1. The van der Waals surface area contributed by atoms with E-state index in [0.29, 0.717) is 18.3 Å². The Morgan fingerprint density at radius 2 is 1.57 bits per heavy atom. The van der Waals surface area contributed by atoms with Crippen LogP contribution in [-0.4, -0.2) is 6.61 Å². The summed E-state index contributed by atoms with van der Waals surface area (Å²) in [4.78, 5) is 0. The Labute approximate surface area is 126 Å². The van der Waals surface area contributed by atoms with Crippen molar-refractivity contribution in [3.8, 4) is 5.75 Å². The highest BCUT2D eigenvalue weighted by atomic mass is 19.1. The third-order valence-electron chi connectivity index (χ3n) is 4.50. The van der Waals surface area contributed by atoms with E-state index in [-0.39, 0.29) is 0 Å². The first kappa shape index (κ1) is 16.3. The van der Waals surface area contributed by atoms with Gasteiger partial charge < -0.3 is 4.74 Å². The van der Waals surface area contributed by atoms with Gasteiger partial charge in [-0.05, 0) is 24.7 Å². The Hall–Kier alpha value is -1.12. The topological polar surface area (TPSA) is 9.23 Å². The highest BCUT2D eigenvalue weighted by Crippen LogP contribution is 2.32. The highest BCUT2D eigenvalue weighted by molar-refractivity contribution is 5.23. The van der Waals surface area contributed by atoms with Gasteiger partial charge in [0, 0.05) is 18.2 Å². The van der Waals surface area contributed by atoms with E-state index in [4.69, 9.17) is 4.74 Å². The van der Waals surface area contributed by atoms with Crippen LogP contribution in [0.5, 0.6) is 5.75 Å². The molecular formula is C18H26F2O. The van der Waals surface area contributed by atoms with Crippen molar-refractivity contribution in [1.29, 1.82) is 0 Å². The molecule has 1 fully saturated rings. The van der Waals surface area contributed by atoms with Gasteiger partial charge >= 0.3 is 0 Å². The number of hydrogen-bond donors (Lipinski definition) is 0. The molecule has 1 saturated carbocycles. The first-order chi connectivity index (χ1) is 10.2. The maximum Gasteiger partial charge on any atom is 0.129 e. The van der Waals surface area contributed by atoms with Crippen molar-refractivity contribution in [3.63, 3.8) is 0 Å². The maximum absolute atomic E-state index is 13.1. The van der Waals surface area contributed by atoms with Crippen molar-refractivity contribution in [1.82, 2.24) is 0 Å². The molecule has 0 saturated heterocycles. The summed E-state index contributed by atoms with van der Waals surface area (Å²) in [7, 11) is 0. The van der Waals surface area contributed by atoms with Gasteiger partial charge in [0.05, 0.1) is 6.61 Å². The first-order valence-corrected chi connectivity index (χ1v) is 8.26. The summed E-state index contributed by atoms with van der Waals surface area (Å²) < 4.78 is 31.7. The molecular weight excluding hydrogens is 270 g/mol. The number of unbranched alkanes of at least 4 members (excludes halogenated alkanes) is 2. The summed E-state index contributed by atoms with van der Waals surface area (Å²) in [5.41, 5.74) is 0. The fourth-order valence-electron chi connectivity index (χ4n) is 3.20. The lowest BCUT2D eigenvalue weighted by atomic mass is 9.80. The maximum atomic E-state index is 13.1. The van der Waals surface area contributed by atoms with Crippen LogP contribution in [0.1, 0.15) is 58.3 Å². The zero-order valence-corrected chi connectivity index (χ0v) is 12.9. The Bertz CT molecular complexity index is 405. The molecule has 0 aliphatic heterocycles. The van der Waals surface area contributed by atoms with Crippen LogP contribution in [0.2, 0.25) is 0 Å². The Morgan fingerprint density at radius 1 is 0.952 bits per heavy atom. The molecule has 1 aliphatic carbocycles. The lowest BCUT2D eigenvalue weighted by molar-refractivity contribution is 0.177. The van der Waals surface area contributed by atoms with Crippen molar-refractivity contribution in [2.75, 3.05) is 6.61 Å².